The minimum atomic E-state index is -3.35. The van der Waals surface area contributed by atoms with Crippen molar-refractivity contribution < 1.29 is 4.42 Å². The van der Waals surface area contributed by atoms with Crippen molar-refractivity contribution >= 4 is 83.6 Å². The summed E-state index contributed by atoms with van der Waals surface area (Å²) in [7, 11) is 0. The molecule has 0 radical (unpaired) electrons. The van der Waals surface area contributed by atoms with E-state index in [1.165, 1.54) is 57.4 Å². The SMILES string of the molecule is c1cc[c]([Ge]([c]2ccccc2)([c]2ccccc2)[c]2ccc(-c3ccc4oc5ccc(-c6cc[c]([Ge]([c]7ccccc7)([c]7ccccc7)[c]7ccccc7)cc6)cc5c4c3)cc2)cc1. The van der Waals surface area contributed by atoms with Crippen molar-refractivity contribution in [2.45, 2.75) is 0 Å². The first-order chi connectivity index (χ1) is 31.2. The van der Waals surface area contributed by atoms with Crippen LogP contribution in [0.1, 0.15) is 0 Å². The van der Waals surface area contributed by atoms with E-state index in [0.717, 1.165) is 21.9 Å². The van der Waals surface area contributed by atoms with Crippen molar-refractivity contribution in [3.63, 3.8) is 0 Å². The molecule has 0 spiro atoms. The molecule has 1 heterocycles. The van der Waals surface area contributed by atoms with Gasteiger partial charge < -0.3 is 0 Å². The van der Waals surface area contributed by atoms with Crippen LogP contribution in [0, 0.1) is 0 Å². The molecule has 11 aromatic rings. The van der Waals surface area contributed by atoms with Gasteiger partial charge in [-0.2, -0.15) is 0 Å². The zero-order valence-corrected chi connectivity index (χ0v) is 39.0. The second kappa shape index (κ2) is 16.7. The number of rotatable bonds is 10. The summed E-state index contributed by atoms with van der Waals surface area (Å²) < 4.78 is 17.8. The van der Waals surface area contributed by atoms with Crippen LogP contribution in [0.3, 0.4) is 0 Å². The summed E-state index contributed by atoms with van der Waals surface area (Å²) in [5.41, 5.74) is 6.53. The van der Waals surface area contributed by atoms with Crippen molar-refractivity contribution in [2.75, 3.05) is 0 Å². The van der Waals surface area contributed by atoms with Gasteiger partial charge in [-0.25, -0.2) is 0 Å². The van der Waals surface area contributed by atoms with E-state index in [2.05, 4.69) is 267 Å². The van der Waals surface area contributed by atoms with Gasteiger partial charge in [0.15, 0.2) is 0 Å². The molecule has 10 aromatic carbocycles. The minimum absolute atomic E-state index is 0.899. The zero-order valence-electron chi connectivity index (χ0n) is 34.8. The van der Waals surface area contributed by atoms with Gasteiger partial charge in [-0.05, 0) is 0 Å². The molecule has 0 N–H and O–H groups in total. The van der Waals surface area contributed by atoms with Crippen molar-refractivity contribution in [3.8, 4) is 22.3 Å². The first-order valence-corrected chi connectivity index (χ1v) is 30.1. The number of fused-ring (bicyclic) bond motifs is 3. The molecule has 3 heteroatoms. The van der Waals surface area contributed by atoms with Gasteiger partial charge in [0, 0.05) is 0 Å². The number of hydrogen-bond acceptors (Lipinski definition) is 1. The van der Waals surface area contributed by atoms with Gasteiger partial charge in [0.2, 0.25) is 0 Å². The molecule has 0 amide bonds. The van der Waals surface area contributed by atoms with Crippen LogP contribution in [0.25, 0.3) is 44.2 Å². The van der Waals surface area contributed by atoms with Crippen LogP contribution in [0.15, 0.2) is 271 Å². The van der Waals surface area contributed by atoms with Crippen LogP contribution in [0.4, 0.5) is 0 Å². The third-order valence-electron chi connectivity index (χ3n) is 13.0. The van der Waals surface area contributed by atoms with Gasteiger partial charge in [-0.1, -0.05) is 0 Å². The second-order valence-corrected chi connectivity index (χ2v) is 32.4. The predicted octanol–water partition coefficient (Wildman–Crippen LogP) is 9.67. The number of furan rings is 1. The summed E-state index contributed by atoms with van der Waals surface area (Å²) in [6, 6.07) is 99.3. The molecule has 11 rings (SSSR count). The summed E-state index contributed by atoms with van der Waals surface area (Å²) in [6.07, 6.45) is 0. The maximum absolute atomic E-state index is 6.47. The Morgan fingerprint density at radius 1 is 0.206 bits per heavy atom. The Balaban J connectivity index is 0.981. The topological polar surface area (TPSA) is 13.1 Å². The van der Waals surface area contributed by atoms with Gasteiger partial charge in [-0.15, -0.1) is 0 Å². The van der Waals surface area contributed by atoms with E-state index in [9.17, 15) is 0 Å². The average Bonchev–Trinajstić information content (AvgIpc) is 3.74. The Bertz CT molecular complexity index is 2860. The molecule has 0 aliphatic carbocycles. The number of hydrogen-bond donors (Lipinski definition) is 0. The normalized spacial score (nSPS) is 11.8. The van der Waals surface area contributed by atoms with Gasteiger partial charge in [0.1, 0.15) is 0 Å². The molecular formula is C60H44Ge2O. The van der Waals surface area contributed by atoms with Crippen LogP contribution < -0.4 is 35.2 Å². The zero-order chi connectivity index (χ0) is 42.1. The van der Waals surface area contributed by atoms with Gasteiger partial charge in [-0.3, -0.25) is 0 Å². The molecule has 0 atom stereocenters. The van der Waals surface area contributed by atoms with Gasteiger partial charge >= 0.3 is 377 Å². The van der Waals surface area contributed by atoms with E-state index in [1.54, 1.807) is 0 Å². The third-order valence-corrected chi connectivity index (χ3v) is 33.1. The summed E-state index contributed by atoms with van der Waals surface area (Å²) in [6.45, 7) is 0. The molecule has 0 unspecified atom stereocenters. The first-order valence-electron chi connectivity index (χ1n) is 21.7. The number of benzene rings is 10. The fourth-order valence-electron chi connectivity index (χ4n) is 10.1. The summed E-state index contributed by atoms with van der Waals surface area (Å²) in [5.74, 6) is 0. The summed E-state index contributed by atoms with van der Waals surface area (Å²) in [4.78, 5) is 0. The van der Waals surface area contributed by atoms with Gasteiger partial charge in [0.05, 0.1) is 0 Å². The second-order valence-electron chi connectivity index (χ2n) is 16.4. The molecule has 0 saturated carbocycles. The molecule has 0 aliphatic heterocycles. The van der Waals surface area contributed by atoms with E-state index in [1.807, 2.05) is 0 Å². The Hall–Kier alpha value is -6.91. The molecule has 63 heavy (non-hydrogen) atoms. The summed E-state index contributed by atoms with van der Waals surface area (Å²) in [5, 5.41) is 2.25. The fourth-order valence-corrected chi connectivity index (χ4v) is 30.0. The quantitative estimate of drug-likeness (QED) is 0.125. The molecule has 1 nitrogen and oxygen atoms in total. The fraction of sp³-hybridized carbons (Fsp3) is 0. The van der Waals surface area contributed by atoms with Crippen molar-refractivity contribution in [2.24, 2.45) is 0 Å². The van der Waals surface area contributed by atoms with Crippen LogP contribution in [0.2, 0.25) is 0 Å². The molecule has 0 bridgehead atoms. The molecule has 298 valence electrons. The Morgan fingerprint density at radius 2 is 0.429 bits per heavy atom. The van der Waals surface area contributed by atoms with Gasteiger partial charge in [0.25, 0.3) is 0 Å². The van der Waals surface area contributed by atoms with Crippen molar-refractivity contribution in [1.29, 1.82) is 0 Å². The monoisotopic (exact) mass is 928 g/mol. The van der Waals surface area contributed by atoms with E-state index >= 15 is 0 Å². The van der Waals surface area contributed by atoms with Crippen LogP contribution in [0.5, 0.6) is 0 Å². The molecular weight excluding hydrogens is 882 g/mol. The Kier molecular flexibility index (Phi) is 10.4. The van der Waals surface area contributed by atoms with E-state index < -0.39 is 26.5 Å². The Labute approximate surface area is 374 Å². The summed E-state index contributed by atoms with van der Waals surface area (Å²) >= 11 is -6.70. The third kappa shape index (κ3) is 6.80. The molecule has 0 fully saturated rings. The standard InChI is InChI=1S/C60H44Ge2O/c1-7-19-49(20-8-1)61(50-21-9-2-10-22-50,51-23-11-3-12-24-51)55-37-31-45(32-38-55)47-35-41-59-57(43-47)58-44-48(36-42-60(58)63-59)46-33-39-56(40-34-46)62(52-25-13-4-14-26-52,53-27-15-5-16-28-53)54-29-17-6-18-30-54/h1-44H. The maximum atomic E-state index is 6.47. The molecule has 0 aliphatic rings. The average molecular weight is 926 g/mol. The van der Waals surface area contributed by atoms with E-state index in [4.69, 9.17) is 4.42 Å². The van der Waals surface area contributed by atoms with Crippen LogP contribution in [-0.2, 0) is 0 Å². The molecule has 1 aromatic heterocycles. The van der Waals surface area contributed by atoms with E-state index in [0.29, 0.717) is 0 Å². The van der Waals surface area contributed by atoms with Crippen LogP contribution in [-0.4, -0.2) is 26.5 Å². The van der Waals surface area contributed by atoms with Crippen LogP contribution >= 0.6 is 0 Å². The predicted molar refractivity (Wildman–Crippen MR) is 272 cm³/mol. The first kappa shape index (κ1) is 39.0. The Morgan fingerprint density at radius 3 is 0.683 bits per heavy atom. The van der Waals surface area contributed by atoms with E-state index in [-0.39, 0.29) is 0 Å². The van der Waals surface area contributed by atoms with Crippen molar-refractivity contribution in [1.82, 2.24) is 0 Å². The molecule has 0 saturated heterocycles. The van der Waals surface area contributed by atoms with Crippen molar-refractivity contribution in [3.05, 3.63) is 267 Å².